The van der Waals surface area contributed by atoms with E-state index >= 15 is 0 Å². The normalized spacial score (nSPS) is 16.8. The quantitative estimate of drug-likeness (QED) is 0.238. The maximum absolute atomic E-state index is 13.8. The zero-order valence-electron chi connectivity index (χ0n) is 18.7. The molecule has 1 unspecified atom stereocenters. The number of hydrogen-bond donors (Lipinski definition) is 0. The third-order valence-corrected chi connectivity index (χ3v) is 7.76. The molecule has 0 radical (unpaired) electrons. The Kier molecular flexibility index (Phi) is 7.85. The number of carbonyl (C=O) groups is 3. The third kappa shape index (κ3) is 4.82. The minimum absolute atomic E-state index is 0.0331. The van der Waals surface area contributed by atoms with Crippen LogP contribution in [-0.4, -0.2) is 40.7 Å². The lowest BCUT2D eigenvalue weighted by Crippen LogP contribution is -2.18. The van der Waals surface area contributed by atoms with Gasteiger partial charge in [-0.15, -0.1) is 0 Å². The number of ketones is 1. The lowest BCUT2D eigenvalue weighted by Gasteiger charge is -2.14. The first-order valence-corrected chi connectivity index (χ1v) is 13.1. The predicted molar refractivity (Wildman–Crippen MR) is 134 cm³/mol. The summed E-state index contributed by atoms with van der Waals surface area (Å²) in [7, 11) is 0. The molecule has 2 aliphatic heterocycles. The van der Waals surface area contributed by atoms with Crippen LogP contribution in [0.4, 0.5) is 0 Å². The Bertz CT molecular complexity index is 1180. The molecule has 3 heterocycles. The van der Waals surface area contributed by atoms with Crippen LogP contribution in [-0.2, 0) is 14.3 Å². The first-order chi connectivity index (χ1) is 16.5. The fourth-order valence-electron chi connectivity index (χ4n) is 3.81. The van der Waals surface area contributed by atoms with Crippen molar-refractivity contribution in [3.63, 3.8) is 0 Å². The Labute approximate surface area is 210 Å². The van der Waals surface area contributed by atoms with Gasteiger partial charge >= 0.3 is 11.9 Å². The Morgan fingerprint density at radius 3 is 2.47 bits per heavy atom. The molecule has 7 nitrogen and oxygen atoms in total. The van der Waals surface area contributed by atoms with E-state index in [2.05, 4.69) is 5.10 Å². The van der Waals surface area contributed by atoms with Crippen LogP contribution in [0.1, 0.15) is 60.1 Å². The van der Waals surface area contributed by atoms with Crippen molar-refractivity contribution < 1.29 is 23.9 Å². The molecule has 4 rings (SSSR count). The summed E-state index contributed by atoms with van der Waals surface area (Å²) in [5.41, 5.74) is 1.77. The number of ether oxygens (including phenoxy) is 2. The Morgan fingerprint density at radius 2 is 1.82 bits per heavy atom. The number of unbranched alkanes of at least 4 members (excludes halogenated alkanes) is 1. The summed E-state index contributed by atoms with van der Waals surface area (Å²) in [6.07, 6.45) is 1.60. The molecule has 2 aliphatic rings. The van der Waals surface area contributed by atoms with Crippen molar-refractivity contribution >= 4 is 52.8 Å². The largest absolute Gasteiger partial charge is 0.466 e. The number of hydrogen-bond acceptors (Lipinski definition) is 8. The summed E-state index contributed by atoms with van der Waals surface area (Å²) in [6, 6.07) is 6.15. The third-order valence-electron chi connectivity index (χ3n) is 5.35. The van der Waals surface area contributed by atoms with Gasteiger partial charge in [0.05, 0.1) is 29.9 Å². The van der Waals surface area contributed by atoms with Gasteiger partial charge in [-0.05, 0) is 41.9 Å². The fourth-order valence-corrected chi connectivity index (χ4v) is 5.89. The van der Waals surface area contributed by atoms with Gasteiger partial charge in [0.2, 0.25) is 5.78 Å². The van der Waals surface area contributed by atoms with Crippen LogP contribution in [0.5, 0.6) is 0 Å². The van der Waals surface area contributed by atoms with Crippen LogP contribution in [0.2, 0.25) is 5.02 Å². The summed E-state index contributed by atoms with van der Waals surface area (Å²) < 4.78 is 12.9. The average Bonchev–Trinajstić information content (AvgIpc) is 3.52. The van der Waals surface area contributed by atoms with Gasteiger partial charge in [-0.3, -0.25) is 14.3 Å². The van der Waals surface area contributed by atoms with Gasteiger partial charge < -0.3 is 9.47 Å². The number of allylic oxidation sites excluding steroid dienone is 1. The number of esters is 2. The van der Waals surface area contributed by atoms with Crippen molar-refractivity contribution in [1.82, 2.24) is 9.78 Å². The molecule has 0 spiro atoms. The van der Waals surface area contributed by atoms with Crippen LogP contribution in [0.15, 0.2) is 44.9 Å². The number of thioether (sulfide) groups is 2. The second-order valence-electron chi connectivity index (χ2n) is 7.58. The van der Waals surface area contributed by atoms with Crippen LogP contribution < -0.4 is 0 Å². The van der Waals surface area contributed by atoms with E-state index in [0.29, 0.717) is 28.3 Å². The number of aromatic nitrogens is 2. The SMILES string of the molecule is CCCCOC(=O)CC1C(=C2SC=CS2)C(=O)c2c(-c3ccc(Cl)cc3)c(C(=O)OCC)nn21. The van der Waals surface area contributed by atoms with Gasteiger partial charge in [0, 0.05) is 16.2 Å². The van der Waals surface area contributed by atoms with E-state index in [4.69, 9.17) is 21.1 Å². The number of fused-ring (bicyclic) bond motifs is 1. The first-order valence-electron chi connectivity index (χ1n) is 10.9. The van der Waals surface area contributed by atoms with Crippen molar-refractivity contribution in [2.75, 3.05) is 13.2 Å². The van der Waals surface area contributed by atoms with E-state index in [1.165, 1.54) is 28.2 Å². The van der Waals surface area contributed by atoms with Crippen molar-refractivity contribution in [2.24, 2.45) is 0 Å². The standard InChI is InChI=1S/C24H23ClN2O5S2/c1-3-5-10-32-17(28)13-16-19(24-33-11-12-34-24)22(29)21-18(14-6-8-15(25)9-7-14)20(26-27(16)21)23(30)31-4-2/h6-9,11-12,16H,3-5,10,13H2,1-2H3. The Balaban J connectivity index is 1.83. The van der Waals surface area contributed by atoms with Crippen LogP contribution in [0.3, 0.4) is 0 Å². The number of nitrogens with zero attached hydrogens (tertiary/aromatic N) is 2. The highest BCUT2D eigenvalue weighted by Crippen LogP contribution is 2.49. The second-order valence-corrected chi connectivity index (χ2v) is 10.1. The highest BCUT2D eigenvalue weighted by molar-refractivity contribution is 8.27. The number of halogens is 1. The van der Waals surface area contributed by atoms with Crippen molar-refractivity contribution in [3.8, 4) is 11.1 Å². The summed E-state index contributed by atoms with van der Waals surface area (Å²) in [5, 5.41) is 8.83. The summed E-state index contributed by atoms with van der Waals surface area (Å²) in [5.74, 6) is -1.32. The van der Waals surface area contributed by atoms with E-state index in [1.54, 1.807) is 31.2 Å². The summed E-state index contributed by atoms with van der Waals surface area (Å²) >= 11 is 8.92. The van der Waals surface area contributed by atoms with Gasteiger partial charge in [-0.1, -0.05) is 60.6 Å². The molecule has 178 valence electrons. The highest BCUT2D eigenvalue weighted by Gasteiger charge is 2.44. The highest BCUT2D eigenvalue weighted by atomic mass is 35.5. The molecule has 0 saturated heterocycles. The summed E-state index contributed by atoms with van der Waals surface area (Å²) in [6.45, 7) is 4.20. The molecule has 34 heavy (non-hydrogen) atoms. The van der Waals surface area contributed by atoms with Crippen molar-refractivity contribution in [1.29, 1.82) is 0 Å². The average molecular weight is 519 g/mol. The number of benzene rings is 1. The molecule has 1 aromatic heterocycles. The monoisotopic (exact) mass is 518 g/mol. The fraction of sp³-hybridized carbons (Fsp3) is 0.333. The van der Waals surface area contributed by atoms with Crippen LogP contribution >= 0.6 is 35.1 Å². The maximum atomic E-state index is 13.8. The Hall–Kier alpha value is -2.49. The number of rotatable bonds is 8. The molecule has 0 fully saturated rings. The topological polar surface area (TPSA) is 87.5 Å². The lowest BCUT2D eigenvalue weighted by atomic mass is 9.98. The molecule has 1 aromatic carbocycles. The van der Waals surface area contributed by atoms with Crippen LogP contribution in [0, 0.1) is 0 Å². The molecule has 0 bridgehead atoms. The van der Waals surface area contributed by atoms with Crippen molar-refractivity contribution in [3.05, 3.63) is 61.3 Å². The second kappa shape index (κ2) is 10.8. The predicted octanol–water partition coefficient (Wildman–Crippen LogP) is 6.01. The number of carbonyl (C=O) groups excluding carboxylic acids is 3. The minimum atomic E-state index is -0.680. The molecule has 0 saturated carbocycles. The zero-order chi connectivity index (χ0) is 24.2. The molecule has 0 amide bonds. The molecule has 2 aromatic rings. The lowest BCUT2D eigenvalue weighted by molar-refractivity contribution is -0.144. The van der Waals surface area contributed by atoms with Gasteiger partial charge in [-0.2, -0.15) is 5.10 Å². The molecular formula is C24H23ClN2O5S2. The minimum Gasteiger partial charge on any atom is -0.466 e. The molecule has 0 aliphatic carbocycles. The molecule has 10 heteroatoms. The maximum Gasteiger partial charge on any atom is 0.359 e. The molecule has 1 atom stereocenters. The van der Waals surface area contributed by atoms with E-state index < -0.39 is 18.0 Å². The van der Waals surface area contributed by atoms with Gasteiger partial charge in [-0.25, -0.2) is 4.79 Å². The van der Waals surface area contributed by atoms with E-state index in [-0.39, 0.29) is 30.2 Å². The van der Waals surface area contributed by atoms with Crippen molar-refractivity contribution in [2.45, 2.75) is 39.2 Å². The summed E-state index contributed by atoms with van der Waals surface area (Å²) in [4.78, 5) is 39.2. The van der Waals surface area contributed by atoms with Gasteiger partial charge in [0.1, 0.15) is 5.69 Å². The zero-order valence-corrected chi connectivity index (χ0v) is 21.1. The Morgan fingerprint density at radius 1 is 1.12 bits per heavy atom. The smallest absolute Gasteiger partial charge is 0.359 e. The van der Waals surface area contributed by atoms with E-state index in [9.17, 15) is 14.4 Å². The molecular weight excluding hydrogens is 496 g/mol. The van der Waals surface area contributed by atoms with Crippen LogP contribution in [0.25, 0.3) is 11.1 Å². The van der Waals surface area contributed by atoms with Gasteiger partial charge in [0.15, 0.2) is 5.69 Å². The first kappa shape index (κ1) is 24.6. The molecule has 0 N–H and O–H groups in total. The van der Waals surface area contributed by atoms with E-state index in [1.807, 2.05) is 17.7 Å². The number of Topliss-reactive ketones (excluding diaryl/α,β-unsaturated/α-hetero) is 1. The van der Waals surface area contributed by atoms with E-state index in [0.717, 1.165) is 17.1 Å². The van der Waals surface area contributed by atoms with Gasteiger partial charge in [0.25, 0.3) is 0 Å².